The minimum absolute atomic E-state index is 0.558. The summed E-state index contributed by atoms with van der Waals surface area (Å²) in [7, 11) is 0. The Morgan fingerprint density at radius 1 is 1.12 bits per heavy atom. The van der Waals surface area contributed by atoms with Gasteiger partial charge in [0.05, 0.1) is 0 Å². The number of para-hydroxylation sites is 2. The van der Waals surface area contributed by atoms with Crippen LogP contribution in [-0.2, 0) is 0 Å². The Hall–Kier alpha value is -1.77. The summed E-state index contributed by atoms with van der Waals surface area (Å²) in [6, 6.07) is 20.3. The zero-order valence-corrected chi connectivity index (χ0v) is 14.8. The van der Waals surface area contributed by atoms with Crippen LogP contribution in [0.2, 0.25) is 0 Å². The fourth-order valence-corrected chi connectivity index (χ4v) is 4.23. The van der Waals surface area contributed by atoms with E-state index in [0.29, 0.717) is 12.0 Å². The molecule has 2 aromatic rings. The van der Waals surface area contributed by atoms with Gasteiger partial charge < -0.3 is 4.90 Å². The lowest BCUT2D eigenvalue weighted by Gasteiger charge is -2.38. The third kappa shape index (κ3) is 2.85. The Bertz CT molecular complexity index is 737. The van der Waals surface area contributed by atoms with Crippen molar-refractivity contribution in [1.82, 2.24) is 4.90 Å². The predicted octanol–water partition coefficient (Wildman–Crippen LogP) is 5.14. The molecule has 0 aromatic heterocycles. The van der Waals surface area contributed by atoms with E-state index in [0.717, 1.165) is 24.7 Å². The highest BCUT2D eigenvalue weighted by atomic mass is 35.5. The van der Waals surface area contributed by atoms with Crippen LogP contribution in [0.3, 0.4) is 0 Å². The van der Waals surface area contributed by atoms with Crippen molar-refractivity contribution in [3.05, 3.63) is 71.3 Å². The van der Waals surface area contributed by atoms with Crippen molar-refractivity contribution < 1.29 is 0 Å². The molecule has 24 heavy (non-hydrogen) atoms. The van der Waals surface area contributed by atoms with Crippen LogP contribution in [0.25, 0.3) is 0 Å². The van der Waals surface area contributed by atoms with Gasteiger partial charge >= 0.3 is 0 Å². The fourth-order valence-electron chi connectivity index (χ4n) is 4.16. The van der Waals surface area contributed by atoms with E-state index < -0.39 is 0 Å². The van der Waals surface area contributed by atoms with E-state index in [-0.39, 0.29) is 0 Å². The molecule has 0 bridgehead atoms. The summed E-state index contributed by atoms with van der Waals surface area (Å²) in [5, 5.41) is 0.884. The first-order chi connectivity index (χ1) is 11.7. The average molecular weight is 339 g/mol. The molecule has 2 atom stereocenters. The number of hydrogen-bond donors (Lipinski definition) is 0. The van der Waals surface area contributed by atoms with Crippen molar-refractivity contribution in [3.63, 3.8) is 0 Å². The van der Waals surface area contributed by atoms with Crippen LogP contribution in [-0.4, -0.2) is 30.6 Å². The number of allylic oxidation sites excluding steroid dienone is 1. The van der Waals surface area contributed by atoms with E-state index >= 15 is 0 Å². The van der Waals surface area contributed by atoms with Gasteiger partial charge in [0, 0.05) is 48.0 Å². The van der Waals surface area contributed by atoms with E-state index in [4.69, 9.17) is 11.6 Å². The number of likely N-dealkylation sites (tertiary alicyclic amines) is 1. The largest absolute Gasteiger partial charge is 0.337 e. The lowest BCUT2D eigenvalue weighted by atomic mass is 9.89. The molecule has 2 nitrogen and oxygen atoms in total. The summed E-state index contributed by atoms with van der Waals surface area (Å²) in [5.41, 5.74) is 4.18. The minimum atomic E-state index is 0.558. The molecule has 0 saturated carbocycles. The summed E-state index contributed by atoms with van der Waals surface area (Å²) < 4.78 is 0. The molecular weight excluding hydrogens is 316 g/mol. The molecule has 2 aromatic carbocycles. The van der Waals surface area contributed by atoms with Gasteiger partial charge in [0.1, 0.15) is 0 Å². The van der Waals surface area contributed by atoms with E-state index in [1.807, 2.05) is 6.92 Å². The number of benzene rings is 2. The number of halogens is 1. The minimum Gasteiger partial charge on any atom is -0.337 e. The summed E-state index contributed by atoms with van der Waals surface area (Å²) in [5.74, 6) is 0.569. The van der Waals surface area contributed by atoms with Crippen LogP contribution in [0.15, 0.2) is 65.7 Å². The molecule has 2 aliphatic heterocycles. The van der Waals surface area contributed by atoms with Gasteiger partial charge in [0.2, 0.25) is 0 Å². The van der Waals surface area contributed by atoms with Crippen LogP contribution >= 0.6 is 11.6 Å². The van der Waals surface area contributed by atoms with Crippen LogP contribution in [0.4, 0.5) is 11.4 Å². The van der Waals surface area contributed by atoms with Crippen LogP contribution in [0.1, 0.15) is 24.8 Å². The van der Waals surface area contributed by atoms with Crippen molar-refractivity contribution in [3.8, 4) is 0 Å². The second kappa shape index (κ2) is 6.62. The normalized spacial score (nSPS) is 23.9. The quantitative estimate of drug-likeness (QED) is 0.764. The molecule has 0 spiro atoms. The Kier molecular flexibility index (Phi) is 4.34. The standard InChI is InChI=1S/C21H23ClN2/c1-16(22)11-13-23-14-12-21-19(15-23)18-9-5-6-10-20(18)24(21)17-7-3-2-4-8-17/h2-11,19,21H,12-15H2,1H3/t19-,21+/m0/s1. The maximum atomic E-state index is 6.02. The molecule has 0 unspecified atom stereocenters. The molecule has 0 aliphatic carbocycles. The lowest BCUT2D eigenvalue weighted by Crippen LogP contribution is -2.44. The highest BCUT2D eigenvalue weighted by molar-refractivity contribution is 6.29. The van der Waals surface area contributed by atoms with Crippen molar-refractivity contribution in [2.24, 2.45) is 0 Å². The first-order valence-corrected chi connectivity index (χ1v) is 9.09. The van der Waals surface area contributed by atoms with E-state index in [2.05, 4.69) is 70.5 Å². The summed E-state index contributed by atoms with van der Waals surface area (Å²) in [4.78, 5) is 5.08. The number of nitrogens with zero attached hydrogens (tertiary/aromatic N) is 2. The van der Waals surface area contributed by atoms with Gasteiger partial charge in [-0.25, -0.2) is 0 Å². The molecule has 0 radical (unpaired) electrons. The van der Waals surface area contributed by atoms with Gasteiger partial charge in [0.15, 0.2) is 0 Å². The first-order valence-electron chi connectivity index (χ1n) is 8.72. The Morgan fingerprint density at radius 3 is 2.67 bits per heavy atom. The SMILES string of the molecule is CC(Cl)=CCN1CC[C@@H]2[C@@H](C1)c1ccccc1N2c1ccccc1. The van der Waals surface area contributed by atoms with Crippen LogP contribution in [0.5, 0.6) is 0 Å². The molecule has 1 saturated heterocycles. The van der Waals surface area contributed by atoms with E-state index in [1.54, 1.807) is 0 Å². The van der Waals surface area contributed by atoms with Gasteiger partial charge in [-0.15, -0.1) is 0 Å². The number of fused-ring (bicyclic) bond motifs is 3. The van der Waals surface area contributed by atoms with Gasteiger partial charge in [-0.1, -0.05) is 54.1 Å². The predicted molar refractivity (Wildman–Crippen MR) is 102 cm³/mol. The number of rotatable bonds is 3. The summed E-state index contributed by atoms with van der Waals surface area (Å²) in [6.45, 7) is 5.13. The molecule has 124 valence electrons. The van der Waals surface area contributed by atoms with Crippen molar-refractivity contribution >= 4 is 23.0 Å². The maximum absolute atomic E-state index is 6.02. The van der Waals surface area contributed by atoms with E-state index in [1.165, 1.54) is 23.4 Å². The molecule has 3 heteroatoms. The molecule has 1 fully saturated rings. The van der Waals surface area contributed by atoms with Crippen molar-refractivity contribution in [2.45, 2.75) is 25.3 Å². The van der Waals surface area contributed by atoms with Gasteiger partial charge in [-0.2, -0.15) is 0 Å². The zero-order valence-electron chi connectivity index (χ0n) is 14.0. The number of anilines is 2. The molecule has 0 amide bonds. The fraction of sp³-hybridized carbons (Fsp3) is 0.333. The van der Waals surface area contributed by atoms with Gasteiger partial charge in [-0.3, -0.25) is 4.90 Å². The van der Waals surface area contributed by atoms with Crippen molar-refractivity contribution in [2.75, 3.05) is 24.5 Å². The monoisotopic (exact) mass is 338 g/mol. The smallest absolute Gasteiger partial charge is 0.0450 e. The van der Waals surface area contributed by atoms with Gasteiger partial charge in [0.25, 0.3) is 0 Å². The average Bonchev–Trinajstić information content (AvgIpc) is 2.94. The summed E-state index contributed by atoms with van der Waals surface area (Å²) >= 11 is 6.02. The van der Waals surface area contributed by atoms with Crippen molar-refractivity contribution in [1.29, 1.82) is 0 Å². The molecule has 2 aliphatic rings. The zero-order chi connectivity index (χ0) is 16.5. The third-order valence-electron chi connectivity index (χ3n) is 5.25. The highest BCUT2D eigenvalue weighted by Gasteiger charge is 2.41. The number of piperidine rings is 1. The maximum Gasteiger partial charge on any atom is 0.0450 e. The Labute approximate surface area is 149 Å². The molecular formula is C21H23ClN2. The second-order valence-electron chi connectivity index (χ2n) is 6.78. The first kappa shape index (κ1) is 15.7. The topological polar surface area (TPSA) is 6.48 Å². The Balaban J connectivity index is 1.66. The van der Waals surface area contributed by atoms with Gasteiger partial charge in [-0.05, 0) is 37.1 Å². The molecule has 0 N–H and O–H groups in total. The second-order valence-corrected chi connectivity index (χ2v) is 7.37. The van der Waals surface area contributed by atoms with Crippen LogP contribution < -0.4 is 4.90 Å². The lowest BCUT2D eigenvalue weighted by molar-refractivity contribution is 0.215. The third-order valence-corrected chi connectivity index (χ3v) is 5.41. The summed E-state index contributed by atoms with van der Waals surface area (Å²) in [6.07, 6.45) is 3.31. The van der Waals surface area contributed by atoms with Crippen LogP contribution in [0, 0.1) is 0 Å². The molecule has 2 heterocycles. The highest BCUT2D eigenvalue weighted by Crippen LogP contribution is 2.48. The molecule has 4 rings (SSSR count). The Morgan fingerprint density at radius 2 is 1.88 bits per heavy atom. The number of hydrogen-bond acceptors (Lipinski definition) is 2. The van der Waals surface area contributed by atoms with E-state index in [9.17, 15) is 0 Å².